The van der Waals surface area contributed by atoms with Gasteiger partial charge in [-0.3, -0.25) is 0 Å². The molecule has 0 aromatic rings. The van der Waals surface area contributed by atoms with E-state index in [-0.39, 0.29) is 0 Å². The normalized spacial score (nSPS) is 20.8. The molecule has 0 spiro atoms. The minimum atomic E-state index is 0.792. The van der Waals surface area contributed by atoms with Crippen LogP contribution in [0.1, 0.15) is 26.7 Å². The van der Waals surface area contributed by atoms with Crippen LogP contribution in [-0.2, 0) is 0 Å². The van der Waals surface area contributed by atoms with Gasteiger partial charge in [-0.1, -0.05) is 13.8 Å². The highest BCUT2D eigenvalue weighted by molar-refractivity contribution is 4.70. The van der Waals surface area contributed by atoms with Gasteiger partial charge in [0.05, 0.1) is 0 Å². The molecule has 0 aromatic carbocycles. The van der Waals surface area contributed by atoms with E-state index in [9.17, 15) is 0 Å². The molecule has 3 nitrogen and oxygen atoms in total. The Kier molecular flexibility index (Phi) is 6.22. The molecule has 3 heteroatoms. The molecule has 2 N–H and O–H groups in total. The van der Waals surface area contributed by atoms with Crippen molar-refractivity contribution in [3.05, 3.63) is 0 Å². The van der Waals surface area contributed by atoms with E-state index in [1.54, 1.807) is 0 Å². The van der Waals surface area contributed by atoms with E-state index in [1.807, 2.05) is 0 Å². The third-order valence-corrected chi connectivity index (χ3v) is 2.98. The standard InChI is InChI=1S/C12H27N3/c1-12(2)11-15-8-4-7-14(9-10-15)6-3-5-13/h12H,3-11,13H2,1-2H3. The predicted molar refractivity (Wildman–Crippen MR) is 66.0 cm³/mol. The Bertz CT molecular complexity index is 159. The van der Waals surface area contributed by atoms with Crippen molar-refractivity contribution in [2.24, 2.45) is 11.7 Å². The van der Waals surface area contributed by atoms with Crippen molar-refractivity contribution in [3.63, 3.8) is 0 Å². The Hall–Kier alpha value is -0.120. The zero-order valence-corrected chi connectivity index (χ0v) is 10.4. The molecule has 0 saturated carbocycles. The van der Waals surface area contributed by atoms with E-state index in [1.165, 1.54) is 45.7 Å². The zero-order chi connectivity index (χ0) is 11.1. The first-order valence-electron chi connectivity index (χ1n) is 6.37. The quantitative estimate of drug-likeness (QED) is 0.739. The van der Waals surface area contributed by atoms with Gasteiger partial charge in [0.25, 0.3) is 0 Å². The Balaban J connectivity index is 2.22. The second-order valence-corrected chi connectivity index (χ2v) is 5.03. The Morgan fingerprint density at radius 1 is 1.07 bits per heavy atom. The lowest BCUT2D eigenvalue weighted by molar-refractivity contribution is 0.237. The summed E-state index contributed by atoms with van der Waals surface area (Å²) in [5.41, 5.74) is 5.54. The molecule has 0 unspecified atom stereocenters. The Labute approximate surface area is 94.6 Å². The average Bonchev–Trinajstić information content (AvgIpc) is 2.40. The summed E-state index contributed by atoms with van der Waals surface area (Å²) in [5.74, 6) is 0.792. The molecular formula is C12H27N3. The van der Waals surface area contributed by atoms with Gasteiger partial charge in [0.1, 0.15) is 0 Å². The monoisotopic (exact) mass is 213 g/mol. The molecule has 1 aliphatic heterocycles. The third kappa shape index (κ3) is 5.50. The molecule has 0 bridgehead atoms. The molecule has 0 amide bonds. The molecule has 0 aliphatic carbocycles. The highest BCUT2D eigenvalue weighted by atomic mass is 15.2. The van der Waals surface area contributed by atoms with Crippen molar-refractivity contribution in [2.75, 3.05) is 45.8 Å². The molecule has 90 valence electrons. The molecule has 1 fully saturated rings. The van der Waals surface area contributed by atoms with Crippen LogP contribution in [0.25, 0.3) is 0 Å². The SMILES string of the molecule is CC(C)CN1CCCN(CCCN)CC1. The highest BCUT2D eigenvalue weighted by Gasteiger charge is 2.14. The van der Waals surface area contributed by atoms with Crippen molar-refractivity contribution in [1.29, 1.82) is 0 Å². The summed E-state index contributed by atoms with van der Waals surface area (Å²) in [6.07, 6.45) is 2.46. The summed E-state index contributed by atoms with van der Waals surface area (Å²) in [4.78, 5) is 5.17. The number of hydrogen-bond acceptors (Lipinski definition) is 3. The highest BCUT2D eigenvalue weighted by Crippen LogP contribution is 2.06. The molecule has 1 heterocycles. The largest absolute Gasteiger partial charge is 0.330 e. The molecule has 1 rings (SSSR count). The number of nitrogens with two attached hydrogens (primary N) is 1. The number of hydrogen-bond donors (Lipinski definition) is 1. The van der Waals surface area contributed by atoms with Crippen molar-refractivity contribution < 1.29 is 0 Å². The smallest absolute Gasteiger partial charge is 0.0109 e. The van der Waals surface area contributed by atoms with Gasteiger partial charge in [0, 0.05) is 19.6 Å². The molecule has 0 aromatic heterocycles. The van der Waals surface area contributed by atoms with Gasteiger partial charge in [-0.05, 0) is 44.9 Å². The second-order valence-electron chi connectivity index (χ2n) is 5.03. The van der Waals surface area contributed by atoms with Gasteiger partial charge in [-0.15, -0.1) is 0 Å². The van der Waals surface area contributed by atoms with Crippen LogP contribution in [0.5, 0.6) is 0 Å². The Morgan fingerprint density at radius 3 is 2.40 bits per heavy atom. The fourth-order valence-corrected chi connectivity index (χ4v) is 2.26. The van der Waals surface area contributed by atoms with Crippen molar-refractivity contribution in [3.8, 4) is 0 Å². The maximum Gasteiger partial charge on any atom is 0.0109 e. The first kappa shape index (κ1) is 12.9. The minimum Gasteiger partial charge on any atom is -0.330 e. The summed E-state index contributed by atoms with van der Waals surface area (Å²) < 4.78 is 0. The maximum absolute atomic E-state index is 5.54. The van der Waals surface area contributed by atoms with E-state index in [4.69, 9.17) is 5.73 Å². The van der Waals surface area contributed by atoms with E-state index in [2.05, 4.69) is 23.6 Å². The predicted octanol–water partition coefficient (Wildman–Crippen LogP) is 0.999. The van der Waals surface area contributed by atoms with E-state index in [0.29, 0.717) is 0 Å². The summed E-state index contributed by atoms with van der Waals surface area (Å²) >= 11 is 0. The topological polar surface area (TPSA) is 32.5 Å². The van der Waals surface area contributed by atoms with Crippen molar-refractivity contribution in [2.45, 2.75) is 26.7 Å². The fourth-order valence-electron chi connectivity index (χ4n) is 2.26. The molecular weight excluding hydrogens is 186 g/mol. The van der Waals surface area contributed by atoms with Gasteiger partial charge in [0.2, 0.25) is 0 Å². The summed E-state index contributed by atoms with van der Waals surface area (Å²) in [6, 6.07) is 0. The average molecular weight is 213 g/mol. The third-order valence-electron chi connectivity index (χ3n) is 2.98. The first-order chi connectivity index (χ1) is 7.22. The van der Waals surface area contributed by atoms with Crippen LogP contribution in [0.2, 0.25) is 0 Å². The van der Waals surface area contributed by atoms with Gasteiger partial charge < -0.3 is 15.5 Å². The van der Waals surface area contributed by atoms with Crippen LogP contribution >= 0.6 is 0 Å². The van der Waals surface area contributed by atoms with E-state index >= 15 is 0 Å². The second kappa shape index (κ2) is 7.20. The van der Waals surface area contributed by atoms with Gasteiger partial charge in [-0.25, -0.2) is 0 Å². The number of nitrogens with zero attached hydrogens (tertiary/aromatic N) is 2. The lowest BCUT2D eigenvalue weighted by Crippen LogP contribution is -2.33. The molecule has 0 atom stereocenters. The van der Waals surface area contributed by atoms with E-state index < -0.39 is 0 Å². The van der Waals surface area contributed by atoms with Crippen LogP contribution in [0.3, 0.4) is 0 Å². The lowest BCUT2D eigenvalue weighted by atomic mass is 10.2. The van der Waals surface area contributed by atoms with Gasteiger partial charge in [0.15, 0.2) is 0 Å². The molecule has 0 radical (unpaired) electrons. The van der Waals surface area contributed by atoms with Crippen LogP contribution in [0.15, 0.2) is 0 Å². The lowest BCUT2D eigenvalue weighted by Gasteiger charge is -2.22. The van der Waals surface area contributed by atoms with Gasteiger partial charge >= 0.3 is 0 Å². The minimum absolute atomic E-state index is 0.792. The summed E-state index contributed by atoms with van der Waals surface area (Å²) in [6.45, 7) is 12.9. The summed E-state index contributed by atoms with van der Waals surface area (Å²) in [5, 5.41) is 0. The van der Waals surface area contributed by atoms with E-state index in [0.717, 1.165) is 18.9 Å². The first-order valence-corrected chi connectivity index (χ1v) is 6.37. The zero-order valence-electron chi connectivity index (χ0n) is 10.4. The molecule has 15 heavy (non-hydrogen) atoms. The summed E-state index contributed by atoms with van der Waals surface area (Å²) in [7, 11) is 0. The van der Waals surface area contributed by atoms with Crippen LogP contribution in [-0.4, -0.2) is 55.6 Å². The number of rotatable bonds is 5. The van der Waals surface area contributed by atoms with Gasteiger partial charge in [-0.2, -0.15) is 0 Å². The van der Waals surface area contributed by atoms with Crippen LogP contribution in [0, 0.1) is 5.92 Å². The van der Waals surface area contributed by atoms with Crippen LogP contribution < -0.4 is 5.73 Å². The van der Waals surface area contributed by atoms with Crippen molar-refractivity contribution in [1.82, 2.24) is 9.80 Å². The van der Waals surface area contributed by atoms with Crippen molar-refractivity contribution >= 4 is 0 Å². The molecule has 1 saturated heterocycles. The maximum atomic E-state index is 5.54. The fraction of sp³-hybridized carbons (Fsp3) is 1.00. The molecule has 1 aliphatic rings. The van der Waals surface area contributed by atoms with Crippen LogP contribution in [0.4, 0.5) is 0 Å². The Morgan fingerprint density at radius 2 is 1.73 bits per heavy atom.